The highest BCUT2D eigenvalue weighted by Gasteiger charge is 2.34. The lowest BCUT2D eigenvalue weighted by Gasteiger charge is -2.34. The van der Waals surface area contributed by atoms with Crippen molar-refractivity contribution in [3.8, 4) is 6.01 Å². The Morgan fingerprint density at radius 2 is 1.93 bits per heavy atom. The molecule has 0 radical (unpaired) electrons. The molecule has 2 aliphatic heterocycles. The van der Waals surface area contributed by atoms with Crippen molar-refractivity contribution in [1.82, 2.24) is 15.0 Å². The van der Waals surface area contributed by atoms with Crippen LogP contribution in [0.5, 0.6) is 6.01 Å². The topological polar surface area (TPSA) is 70.9 Å². The molecule has 1 aromatic heterocycles. The van der Waals surface area contributed by atoms with E-state index >= 15 is 0 Å². The van der Waals surface area contributed by atoms with E-state index in [9.17, 15) is 4.79 Å². The normalized spacial score (nSPS) is 20.1. The first-order valence-corrected chi connectivity index (χ1v) is 9.28. The quantitative estimate of drug-likeness (QED) is 0.833. The molecule has 4 rings (SSSR count). The number of methoxy groups -OCH3 is 1. The Labute approximate surface area is 158 Å². The molecule has 140 valence electrons. The lowest BCUT2D eigenvalue weighted by atomic mass is 9.94. The van der Waals surface area contributed by atoms with Gasteiger partial charge in [-0.1, -0.05) is 30.3 Å². The monoisotopic (exact) mass is 365 g/mol. The predicted molar refractivity (Wildman–Crippen MR) is 103 cm³/mol. The maximum Gasteiger partial charge on any atom is 0.318 e. The fraction of sp³-hybridized carbons (Fsp3) is 0.400. The van der Waals surface area contributed by atoms with Crippen LogP contribution in [0.4, 0.5) is 5.82 Å². The second kappa shape index (κ2) is 7.73. The number of hydrogen-bond donors (Lipinski definition) is 0. The van der Waals surface area contributed by atoms with Crippen LogP contribution in [0, 0.1) is 5.92 Å². The minimum atomic E-state index is -0.00792. The van der Waals surface area contributed by atoms with Gasteiger partial charge in [0.1, 0.15) is 5.82 Å². The van der Waals surface area contributed by atoms with E-state index in [-0.39, 0.29) is 17.9 Å². The summed E-state index contributed by atoms with van der Waals surface area (Å²) in [6, 6.07) is 12.4. The number of hydrazone groups is 1. The zero-order valence-electron chi connectivity index (χ0n) is 15.4. The zero-order chi connectivity index (χ0) is 18.6. The largest absolute Gasteiger partial charge is 0.467 e. The van der Waals surface area contributed by atoms with Crippen LogP contribution in [0.25, 0.3) is 0 Å². The molecule has 7 heteroatoms. The number of ether oxygens (including phenoxy) is 1. The maximum atomic E-state index is 13.1. The summed E-state index contributed by atoms with van der Waals surface area (Å²) in [6.07, 6.45) is 5.90. The van der Waals surface area contributed by atoms with Crippen LogP contribution in [0.2, 0.25) is 0 Å². The molecule has 1 amide bonds. The first kappa shape index (κ1) is 17.5. The van der Waals surface area contributed by atoms with Crippen molar-refractivity contribution >= 4 is 17.9 Å². The molecule has 1 saturated heterocycles. The van der Waals surface area contributed by atoms with Crippen LogP contribution in [-0.4, -0.2) is 47.3 Å². The van der Waals surface area contributed by atoms with E-state index in [2.05, 4.69) is 32.1 Å². The Kier molecular flexibility index (Phi) is 5.00. The van der Waals surface area contributed by atoms with Gasteiger partial charge >= 0.3 is 6.01 Å². The van der Waals surface area contributed by atoms with Gasteiger partial charge in [0, 0.05) is 37.8 Å². The van der Waals surface area contributed by atoms with E-state index in [1.807, 2.05) is 30.5 Å². The molecule has 7 nitrogen and oxygen atoms in total. The fourth-order valence-corrected chi connectivity index (χ4v) is 3.73. The summed E-state index contributed by atoms with van der Waals surface area (Å²) in [5.74, 6) is 0.957. The number of piperidine rings is 1. The summed E-state index contributed by atoms with van der Waals surface area (Å²) in [7, 11) is 1.56. The van der Waals surface area contributed by atoms with Gasteiger partial charge in [0.25, 0.3) is 0 Å². The maximum absolute atomic E-state index is 13.1. The lowest BCUT2D eigenvalue weighted by molar-refractivity contribution is -0.138. The standard InChI is InChI=1S/C20H23N5O2/c1-27-20-21-11-8-18(23-20)24-13-9-16(10-14-24)19(26)25-17(7-12-22-25)15-5-3-2-4-6-15/h2-6,8,11-12,16-17H,7,9-10,13-14H2,1H3. The highest BCUT2D eigenvalue weighted by Crippen LogP contribution is 2.32. The molecule has 0 aliphatic carbocycles. The van der Waals surface area contributed by atoms with Crippen LogP contribution < -0.4 is 9.64 Å². The van der Waals surface area contributed by atoms with Gasteiger partial charge in [0.2, 0.25) is 5.91 Å². The number of amides is 1. The van der Waals surface area contributed by atoms with Gasteiger partial charge in [-0.3, -0.25) is 4.79 Å². The summed E-state index contributed by atoms with van der Waals surface area (Å²) >= 11 is 0. The highest BCUT2D eigenvalue weighted by molar-refractivity contribution is 5.82. The molecule has 1 fully saturated rings. The summed E-state index contributed by atoms with van der Waals surface area (Å²) in [6.45, 7) is 1.56. The van der Waals surface area contributed by atoms with Crippen molar-refractivity contribution in [2.24, 2.45) is 11.0 Å². The number of benzene rings is 1. The van der Waals surface area contributed by atoms with Gasteiger partial charge in [-0.05, 0) is 24.5 Å². The smallest absolute Gasteiger partial charge is 0.318 e. The summed E-state index contributed by atoms with van der Waals surface area (Å²) < 4.78 is 5.10. The number of carbonyl (C=O) groups is 1. The van der Waals surface area contributed by atoms with Crippen molar-refractivity contribution < 1.29 is 9.53 Å². The minimum absolute atomic E-state index is 0.00792. The van der Waals surface area contributed by atoms with Gasteiger partial charge in [0.15, 0.2) is 0 Å². The number of aromatic nitrogens is 2. The van der Waals surface area contributed by atoms with E-state index in [0.29, 0.717) is 6.01 Å². The Morgan fingerprint density at radius 3 is 2.67 bits per heavy atom. The number of hydrogen-bond acceptors (Lipinski definition) is 6. The van der Waals surface area contributed by atoms with E-state index in [4.69, 9.17) is 4.74 Å². The van der Waals surface area contributed by atoms with Gasteiger partial charge in [-0.25, -0.2) is 9.99 Å². The SMILES string of the molecule is COc1nccc(N2CCC(C(=O)N3N=CCC3c3ccccc3)CC2)n1. The molecule has 2 aliphatic rings. The van der Waals surface area contributed by atoms with Crippen molar-refractivity contribution in [3.05, 3.63) is 48.2 Å². The first-order valence-electron chi connectivity index (χ1n) is 9.28. The van der Waals surface area contributed by atoms with Crippen LogP contribution >= 0.6 is 0 Å². The Hall–Kier alpha value is -2.96. The molecular formula is C20H23N5O2. The second-order valence-electron chi connectivity index (χ2n) is 6.81. The van der Waals surface area contributed by atoms with Gasteiger partial charge in [0.05, 0.1) is 13.2 Å². The van der Waals surface area contributed by atoms with Crippen molar-refractivity contribution in [3.63, 3.8) is 0 Å². The molecule has 0 bridgehead atoms. The molecule has 0 spiro atoms. The van der Waals surface area contributed by atoms with Crippen molar-refractivity contribution in [2.75, 3.05) is 25.1 Å². The van der Waals surface area contributed by atoms with Crippen molar-refractivity contribution in [2.45, 2.75) is 25.3 Å². The molecule has 1 unspecified atom stereocenters. The summed E-state index contributed by atoms with van der Waals surface area (Å²) in [5, 5.41) is 6.06. The zero-order valence-corrected chi connectivity index (χ0v) is 15.4. The third-order valence-corrected chi connectivity index (χ3v) is 5.21. The highest BCUT2D eigenvalue weighted by atomic mass is 16.5. The second-order valence-corrected chi connectivity index (χ2v) is 6.81. The molecule has 1 atom stereocenters. The van der Waals surface area contributed by atoms with Crippen LogP contribution in [0.15, 0.2) is 47.7 Å². The van der Waals surface area contributed by atoms with E-state index in [0.717, 1.165) is 43.7 Å². The van der Waals surface area contributed by atoms with Gasteiger partial charge < -0.3 is 9.64 Å². The van der Waals surface area contributed by atoms with Crippen molar-refractivity contribution in [1.29, 1.82) is 0 Å². The number of nitrogens with zero attached hydrogens (tertiary/aromatic N) is 5. The summed E-state index contributed by atoms with van der Waals surface area (Å²) in [5.41, 5.74) is 1.13. The molecule has 0 saturated carbocycles. The molecule has 2 aromatic rings. The van der Waals surface area contributed by atoms with Gasteiger partial charge in [-0.2, -0.15) is 10.1 Å². The first-order chi connectivity index (χ1) is 13.3. The fourth-order valence-electron chi connectivity index (χ4n) is 3.73. The van der Waals surface area contributed by atoms with E-state index in [1.54, 1.807) is 18.3 Å². The molecule has 1 aromatic carbocycles. The van der Waals surface area contributed by atoms with E-state index in [1.165, 1.54) is 0 Å². The molecular weight excluding hydrogens is 342 g/mol. The number of carbonyl (C=O) groups excluding carboxylic acids is 1. The molecule has 3 heterocycles. The predicted octanol–water partition coefficient (Wildman–Crippen LogP) is 2.66. The molecule has 27 heavy (non-hydrogen) atoms. The van der Waals surface area contributed by atoms with E-state index < -0.39 is 0 Å². The third kappa shape index (κ3) is 3.63. The Balaban J connectivity index is 1.40. The molecule has 0 N–H and O–H groups in total. The average Bonchev–Trinajstić information content (AvgIpc) is 3.24. The number of anilines is 1. The third-order valence-electron chi connectivity index (χ3n) is 5.21. The van der Waals surface area contributed by atoms with Crippen LogP contribution in [0.1, 0.15) is 30.9 Å². The van der Waals surface area contributed by atoms with Crippen LogP contribution in [-0.2, 0) is 4.79 Å². The minimum Gasteiger partial charge on any atom is -0.467 e. The average molecular weight is 365 g/mol. The Bertz CT molecular complexity index is 818. The summed E-state index contributed by atoms with van der Waals surface area (Å²) in [4.78, 5) is 23.7. The Morgan fingerprint density at radius 1 is 1.15 bits per heavy atom. The number of rotatable bonds is 4. The lowest BCUT2D eigenvalue weighted by Crippen LogP contribution is -2.41. The van der Waals surface area contributed by atoms with Gasteiger partial charge in [-0.15, -0.1) is 0 Å². The van der Waals surface area contributed by atoms with Crippen LogP contribution in [0.3, 0.4) is 0 Å².